The van der Waals surface area contributed by atoms with Gasteiger partial charge in [-0.05, 0) is 55.7 Å². The molecule has 144 valence electrons. The zero-order valence-electron chi connectivity index (χ0n) is 15.5. The number of anilines is 1. The normalized spacial score (nSPS) is 14.1. The number of carbonyl (C=O) groups excluding carboxylic acids is 2. The molecule has 7 heteroatoms. The third-order valence-electron chi connectivity index (χ3n) is 4.73. The van der Waals surface area contributed by atoms with Gasteiger partial charge in [0.25, 0.3) is 0 Å². The first kappa shape index (κ1) is 18.4. The standard InChI is InChI=1S/C21H20N2O4S/c1-26-19(24)14-5-7-15(8-6-14)20(25)27-16-9-10-17-18(13-16)28-21(22-17)23-11-3-2-4-12-23/h5-10,13H,2-4,11-12H2,1H3. The molecule has 1 aliphatic rings. The molecular formula is C21H20N2O4S. The molecule has 0 saturated carbocycles. The Morgan fingerprint density at radius 3 is 2.32 bits per heavy atom. The summed E-state index contributed by atoms with van der Waals surface area (Å²) in [6, 6.07) is 11.7. The van der Waals surface area contributed by atoms with Gasteiger partial charge in [0, 0.05) is 19.2 Å². The van der Waals surface area contributed by atoms with Gasteiger partial charge in [-0.1, -0.05) is 11.3 Å². The van der Waals surface area contributed by atoms with E-state index >= 15 is 0 Å². The van der Waals surface area contributed by atoms with E-state index in [4.69, 9.17) is 9.72 Å². The molecule has 0 atom stereocenters. The van der Waals surface area contributed by atoms with Crippen LogP contribution in [0.2, 0.25) is 0 Å². The Morgan fingerprint density at radius 1 is 0.964 bits per heavy atom. The van der Waals surface area contributed by atoms with Crippen LogP contribution in [-0.2, 0) is 4.74 Å². The number of ether oxygens (including phenoxy) is 2. The van der Waals surface area contributed by atoms with E-state index in [1.165, 1.54) is 26.4 Å². The van der Waals surface area contributed by atoms with Crippen LogP contribution < -0.4 is 9.64 Å². The van der Waals surface area contributed by atoms with E-state index in [0.29, 0.717) is 16.9 Å². The predicted octanol–water partition coefficient (Wildman–Crippen LogP) is 4.29. The van der Waals surface area contributed by atoms with Gasteiger partial charge in [0.1, 0.15) is 5.75 Å². The van der Waals surface area contributed by atoms with Crippen molar-refractivity contribution in [2.45, 2.75) is 19.3 Å². The zero-order chi connectivity index (χ0) is 19.5. The number of carbonyl (C=O) groups is 2. The monoisotopic (exact) mass is 396 g/mol. The number of rotatable bonds is 4. The third-order valence-corrected chi connectivity index (χ3v) is 5.81. The van der Waals surface area contributed by atoms with E-state index in [2.05, 4.69) is 9.64 Å². The summed E-state index contributed by atoms with van der Waals surface area (Å²) < 4.78 is 11.1. The second kappa shape index (κ2) is 7.98. The van der Waals surface area contributed by atoms with E-state index in [9.17, 15) is 9.59 Å². The molecule has 0 bridgehead atoms. The molecular weight excluding hydrogens is 376 g/mol. The summed E-state index contributed by atoms with van der Waals surface area (Å²) >= 11 is 1.62. The van der Waals surface area contributed by atoms with Crippen LogP contribution in [0, 0.1) is 0 Å². The van der Waals surface area contributed by atoms with Gasteiger partial charge in [0.15, 0.2) is 5.13 Å². The summed E-state index contributed by atoms with van der Waals surface area (Å²) in [5.41, 5.74) is 1.66. The average Bonchev–Trinajstić information content (AvgIpc) is 3.17. The van der Waals surface area contributed by atoms with Gasteiger partial charge in [-0.3, -0.25) is 0 Å². The fraction of sp³-hybridized carbons (Fsp3) is 0.286. The van der Waals surface area contributed by atoms with Crippen molar-refractivity contribution >= 4 is 38.6 Å². The van der Waals surface area contributed by atoms with E-state index in [1.807, 2.05) is 12.1 Å². The van der Waals surface area contributed by atoms with Crippen LogP contribution in [0.4, 0.5) is 5.13 Å². The number of nitrogens with zero attached hydrogens (tertiary/aromatic N) is 2. The van der Waals surface area contributed by atoms with Crippen molar-refractivity contribution in [3.05, 3.63) is 53.6 Å². The van der Waals surface area contributed by atoms with Crippen molar-refractivity contribution in [3.63, 3.8) is 0 Å². The van der Waals surface area contributed by atoms with Crippen molar-refractivity contribution in [3.8, 4) is 5.75 Å². The van der Waals surface area contributed by atoms with Crippen LogP contribution in [0.1, 0.15) is 40.0 Å². The molecule has 1 fully saturated rings. The molecule has 0 N–H and O–H groups in total. The summed E-state index contributed by atoms with van der Waals surface area (Å²) in [6.45, 7) is 2.09. The van der Waals surface area contributed by atoms with Gasteiger partial charge in [0.05, 0.1) is 28.5 Å². The van der Waals surface area contributed by atoms with Crippen molar-refractivity contribution in [1.82, 2.24) is 4.98 Å². The van der Waals surface area contributed by atoms with E-state index in [-0.39, 0.29) is 0 Å². The smallest absolute Gasteiger partial charge is 0.343 e. The molecule has 1 aromatic heterocycles. The highest BCUT2D eigenvalue weighted by molar-refractivity contribution is 7.22. The van der Waals surface area contributed by atoms with Gasteiger partial charge in [-0.25, -0.2) is 14.6 Å². The number of hydrogen-bond acceptors (Lipinski definition) is 7. The molecule has 2 heterocycles. The Morgan fingerprint density at radius 2 is 1.64 bits per heavy atom. The van der Waals surface area contributed by atoms with Crippen molar-refractivity contribution in [2.24, 2.45) is 0 Å². The molecule has 0 aliphatic carbocycles. The van der Waals surface area contributed by atoms with Gasteiger partial charge in [0.2, 0.25) is 0 Å². The summed E-state index contributed by atoms with van der Waals surface area (Å²) in [5, 5.41) is 1.02. The number of piperidine rings is 1. The molecule has 0 unspecified atom stereocenters. The quantitative estimate of drug-likeness (QED) is 0.484. The molecule has 3 aromatic rings. The largest absolute Gasteiger partial charge is 0.465 e. The lowest BCUT2D eigenvalue weighted by molar-refractivity contribution is 0.0599. The Hall–Kier alpha value is -2.93. The minimum atomic E-state index is -0.475. The first-order valence-electron chi connectivity index (χ1n) is 9.20. The summed E-state index contributed by atoms with van der Waals surface area (Å²) in [7, 11) is 1.32. The highest BCUT2D eigenvalue weighted by atomic mass is 32.1. The second-order valence-electron chi connectivity index (χ2n) is 6.63. The van der Waals surface area contributed by atoms with E-state index in [1.54, 1.807) is 41.7 Å². The van der Waals surface area contributed by atoms with E-state index < -0.39 is 11.9 Å². The Bertz CT molecular complexity index is 1010. The third kappa shape index (κ3) is 3.84. The molecule has 0 spiro atoms. The molecule has 0 radical (unpaired) electrons. The fourth-order valence-corrected chi connectivity index (χ4v) is 4.25. The Labute approximate surface area is 166 Å². The lowest BCUT2D eigenvalue weighted by Crippen LogP contribution is -2.29. The lowest BCUT2D eigenvalue weighted by atomic mass is 10.1. The number of aromatic nitrogens is 1. The maximum absolute atomic E-state index is 12.4. The van der Waals surface area contributed by atoms with Crippen molar-refractivity contribution < 1.29 is 19.1 Å². The minimum Gasteiger partial charge on any atom is -0.465 e. The number of hydrogen-bond donors (Lipinski definition) is 0. The Balaban J connectivity index is 1.49. The van der Waals surface area contributed by atoms with Crippen LogP contribution in [0.5, 0.6) is 5.75 Å². The molecule has 4 rings (SSSR count). The fourth-order valence-electron chi connectivity index (χ4n) is 3.20. The van der Waals surface area contributed by atoms with Crippen LogP contribution in [0.25, 0.3) is 10.2 Å². The molecule has 1 saturated heterocycles. The average molecular weight is 396 g/mol. The molecule has 1 aliphatic heterocycles. The van der Waals surface area contributed by atoms with Gasteiger partial charge >= 0.3 is 11.9 Å². The Kier molecular flexibility index (Phi) is 5.25. The SMILES string of the molecule is COC(=O)c1ccc(C(=O)Oc2ccc3nc(N4CCCCC4)sc3c2)cc1. The van der Waals surface area contributed by atoms with Crippen LogP contribution in [0.15, 0.2) is 42.5 Å². The van der Waals surface area contributed by atoms with Crippen LogP contribution >= 0.6 is 11.3 Å². The topological polar surface area (TPSA) is 68.7 Å². The molecule has 28 heavy (non-hydrogen) atoms. The van der Waals surface area contributed by atoms with E-state index in [0.717, 1.165) is 28.4 Å². The summed E-state index contributed by atoms with van der Waals surface area (Å²) in [5.74, 6) is -0.444. The summed E-state index contributed by atoms with van der Waals surface area (Å²) in [4.78, 5) is 30.9. The van der Waals surface area contributed by atoms with Crippen LogP contribution in [0.3, 0.4) is 0 Å². The first-order valence-corrected chi connectivity index (χ1v) is 10.0. The predicted molar refractivity (Wildman–Crippen MR) is 108 cm³/mol. The van der Waals surface area contributed by atoms with Gasteiger partial charge in [-0.2, -0.15) is 0 Å². The summed E-state index contributed by atoms with van der Waals surface area (Å²) in [6.07, 6.45) is 3.68. The zero-order valence-corrected chi connectivity index (χ0v) is 16.3. The first-order chi connectivity index (χ1) is 13.6. The van der Waals surface area contributed by atoms with Gasteiger partial charge < -0.3 is 14.4 Å². The maximum atomic E-state index is 12.4. The highest BCUT2D eigenvalue weighted by Gasteiger charge is 2.16. The highest BCUT2D eigenvalue weighted by Crippen LogP contribution is 2.32. The minimum absolute atomic E-state index is 0.367. The molecule has 0 amide bonds. The maximum Gasteiger partial charge on any atom is 0.343 e. The molecule has 6 nitrogen and oxygen atoms in total. The number of thiazole rings is 1. The van der Waals surface area contributed by atoms with Crippen molar-refractivity contribution in [1.29, 1.82) is 0 Å². The second-order valence-corrected chi connectivity index (χ2v) is 7.64. The van der Waals surface area contributed by atoms with Crippen LogP contribution in [-0.4, -0.2) is 37.1 Å². The number of benzene rings is 2. The number of esters is 2. The number of methoxy groups -OCH3 is 1. The molecule has 2 aromatic carbocycles. The number of fused-ring (bicyclic) bond motifs is 1. The lowest BCUT2D eigenvalue weighted by Gasteiger charge is -2.25. The van der Waals surface area contributed by atoms with Gasteiger partial charge in [-0.15, -0.1) is 0 Å². The van der Waals surface area contributed by atoms with Crippen molar-refractivity contribution in [2.75, 3.05) is 25.1 Å².